The maximum absolute atomic E-state index is 12.6. The third-order valence-electron chi connectivity index (χ3n) is 4.25. The molecule has 1 aromatic heterocycles. The molecule has 30 heavy (non-hydrogen) atoms. The molecule has 7 heteroatoms. The SMILES string of the molecule is CCOC(=O)c1c(-c2ccc(C)cc2)csc1NC(=O)/C=C/c1ccc(Cl)cc1Cl. The molecule has 3 rings (SSSR count). The molecule has 0 saturated heterocycles. The van der Waals surface area contributed by atoms with E-state index in [4.69, 9.17) is 27.9 Å². The molecular weight excluding hydrogens is 441 g/mol. The molecule has 0 aliphatic rings. The summed E-state index contributed by atoms with van der Waals surface area (Å²) in [6, 6.07) is 12.8. The monoisotopic (exact) mass is 459 g/mol. The molecule has 0 aliphatic heterocycles. The first-order valence-corrected chi connectivity index (χ1v) is 10.8. The maximum atomic E-state index is 12.6. The Hall–Kier alpha value is -2.60. The topological polar surface area (TPSA) is 55.4 Å². The Bertz CT molecular complexity index is 1100. The second-order valence-corrected chi connectivity index (χ2v) is 8.15. The number of carbonyl (C=O) groups excluding carboxylic acids is 2. The normalized spacial score (nSPS) is 10.9. The maximum Gasteiger partial charge on any atom is 0.341 e. The standard InChI is InChI=1S/C23H19Cl2NO3S/c1-3-29-23(28)21-18(15-6-4-14(2)5-7-15)13-30-22(21)26-20(27)11-9-16-8-10-17(24)12-19(16)25/h4-13H,3H2,1-2H3,(H,26,27)/b11-9+. The third-order valence-corrected chi connectivity index (χ3v) is 5.70. The zero-order valence-electron chi connectivity index (χ0n) is 16.4. The minimum Gasteiger partial charge on any atom is -0.462 e. The van der Waals surface area contributed by atoms with Gasteiger partial charge in [0.05, 0.1) is 6.61 Å². The summed E-state index contributed by atoms with van der Waals surface area (Å²) in [6.07, 6.45) is 2.95. The Morgan fingerprint density at radius 2 is 1.87 bits per heavy atom. The molecule has 0 aliphatic carbocycles. The second kappa shape index (κ2) is 9.94. The quantitative estimate of drug-likeness (QED) is 0.323. The molecule has 1 heterocycles. The Kier molecular flexibility index (Phi) is 7.32. The van der Waals surface area contributed by atoms with Crippen LogP contribution < -0.4 is 5.32 Å². The van der Waals surface area contributed by atoms with Crippen LogP contribution >= 0.6 is 34.5 Å². The Morgan fingerprint density at radius 1 is 1.13 bits per heavy atom. The smallest absolute Gasteiger partial charge is 0.341 e. The second-order valence-electron chi connectivity index (χ2n) is 6.43. The van der Waals surface area contributed by atoms with Crippen molar-refractivity contribution in [1.82, 2.24) is 0 Å². The number of rotatable bonds is 6. The predicted molar refractivity (Wildman–Crippen MR) is 125 cm³/mol. The highest BCUT2D eigenvalue weighted by Gasteiger charge is 2.22. The van der Waals surface area contributed by atoms with Gasteiger partial charge in [-0.05, 0) is 43.2 Å². The van der Waals surface area contributed by atoms with Crippen molar-refractivity contribution >= 4 is 57.5 Å². The van der Waals surface area contributed by atoms with Crippen LogP contribution in [0.4, 0.5) is 5.00 Å². The summed E-state index contributed by atoms with van der Waals surface area (Å²) < 4.78 is 5.22. The number of halogens is 2. The third kappa shape index (κ3) is 5.30. The van der Waals surface area contributed by atoms with E-state index in [1.165, 1.54) is 17.4 Å². The Labute approximate surface area is 189 Å². The minimum absolute atomic E-state index is 0.240. The molecule has 0 spiro atoms. The van der Waals surface area contributed by atoms with E-state index in [2.05, 4.69) is 5.32 Å². The fourth-order valence-electron chi connectivity index (χ4n) is 2.76. The number of thiophene rings is 1. The molecule has 0 atom stereocenters. The lowest BCUT2D eigenvalue weighted by atomic mass is 10.0. The van der Waals surface area contributed by atoms with Gasteiger partial charge in [-0.15, -0.1) is 11.3 Å². The average molecular weight is 460 g/mol. The summed E-state index contributed by atoms with van der Waals surface area (Å²) >= 11 is 13.3. The van der Waals surface area contributed by atoms with E-state index in [1.54, 1.807) is 31.2 Å². The molecule has 0 saturated carbocycles. The lowest BCUT2D eigenvalue weighted by Crippen LogP contribution is -2.12. The highest BCUT2D eigenvalue weighted by molar-refractivity contribution is 7.15. The first kappa shape index (κ1) is 22.1. The largest absolute Gasteiger partial charge is 0.462 e. The van der Waals surface area contributed by atoms with E-state index in [0.29, 0.717) is 26.2 Å². The van der Waals surface area contributed by atoms with Crippen molar-refractivity contribution in [2.75, 3.05) is 11.9 Å². The summed E-state index contributed by atoms with van der Waals surface area (Å²) in [5.41, 5.74) is 3.72. The van der Waals surface area contributed by atoms with Crippen LogP contribution in [0.3, 0.4) is 0 Å². The van der Waals surface area contributed by atoms with Gasteiger partial charge in [0.15, 0.2) is 0 Å². The number of aryl methyl sites for hydroxylation is 1. The molecule has 1 amide bonds. The highest BCUT2D eigenvalue weighted by atomic mass is 35.5. The summed E-state index contributed by atoms with van der Waals surface area (Å²) in [7, 11) is 0. The van der Waals surface area contributed by atoms with Gasteiger partial charge in [0, 0.05) is 27.1 Å². The summed E-state index contributed by atoms with van der Waals surface area (Å²) in [4.78, 5) is 25.1. The number of amides is 1. The molecule has 1 N–H and O–H groups in total. The zero-order chi connectivity index (χ0) is 21.7. The Balaban J connectivity index is 1.87. The van der Waals surface area contributed by atoms with Gasteiger partial charge >= 0.3 is 5.97 Å². The van der Waals surface area contributed by atoms with E-state index in [9.17, 15) is 9.59 Å². The van der Waals surface area contributed by atoms with Crippen molar-refractivity contribution < 1.29 is 14.3 Å². The summed E-state index contributed by atoms with van der Waals surface area (Å²) in [5, 5.41) is 6.00. The summed E-state index contributed by atoms with van der Waals surface area (Å²) in [5.74, 6) is -0.863. The lowest BCUT2D eigenvalue weighted by Gasteiger charge is -2.08. The first-order valence-electron chi connectivity index (χ1n) is 9.18. The number of hydrogen-bond donors (Lipinski definition) is 1. The fraction of sp³-hybridized carbons (Fsp3) is 0.130. The van der Waals surface area contributed by atoms with E-state index < -0.39 is 5.97 Å². The van der Waals surface area contributed by atoms with Gasteiger partial charge in [-0.3, -0.25) is 4.79 Å². The van der Waals surface area contributed by atoms with Crippen molar-refractivity contribution in [3.8, 4) is 11.1 Å². The molecule has 3 aromatic rings. The van der Waals surface area contributed by atoms with Crippen LogP contribution in [-0.4, -0.2) is 18.5 Å². The van der Waals surface area contributed by atoms with Crippen molar-refractivity contribution in [2.45, 2.75) is 13.8 Å². The molecule has 4 nitrogen and oxygen atoms in total. The molecule has 0 bridgehead atoms. The number of nitrogens with one attached hydrogen (secondary N) is 1. The summed E-state index contributed by atoms with van der Waals surface area (Å²) in [6.45, 7) is 3.98. The molecule has 0 fully saturated rings. The van der Waals surface area contributed by atoms with E-state index in [1.807, 2.05) is 36.6 Å². The van der Waals surface area contributed by atoms with Crippen LogP contribution in [0, 0.1) is 6.92 Å². The first-order chi connectivity index (χ1) is 14.4. The van der Waals surface area contributed by atoms with Crippen molar-refractivity contribution in [2.24, 2.45) is 0 Å². The number of ether oxygens (including phenoxy) is 1. The number of carbonyl (C=O) groups is 2. The number of esters is 1. The van der Waals surface area contributed by atoms with Gasteiger partial charge in [-0.25, -0.2) is 4.79 Å². The van der Waals surface area contributed by atoms with Gasteiger partial charge in [0.25, 0.3) is 0 Å². The van der Waals surface area contributed by atoms with Crippen LogP contribution in [0.25, 0.3) is 17.2 Å². The number of hydrogen-bond acceptors (Lipinski definition) is 4. The van der Waals surface area contributed by atoms with Gasteiger partial charge in [-0.1, -0.05) is 59.1 Å². The molecular formula is C23H19Cl2NO3S. The van der Waals surface area contributed by atoms with Crippen LogP contribution in [0.1, 0.15) is 28.4 Å². The predicted octanol–water partition coefficient (Wildman–Crippen LogP) is 6.86. The van der Waals surface area contributed by atoms with Gasteiger partial charge < -0.3 is 10.1 Å². The van der Waals surface area contributed by atoms with E-state index >= 15 is 0 Å². The van der Waals surface area contributed by atoms with Crippen LogP contribution in [0.15, 0.2) is 53.9 Å². The van der Waals surface area contributed by atoms with Crippen molar-refractivity contribution in [3.05, 3.63) is 80.7 Å². The van der Waals surface area contributed by atoms with Gasteiger partial charge in [0.1, 0.15) is 10.6 Å². The van der Waals surface area contributed by atoms with E-state index in [0.717, 1.165) is 16.7 Å². The average Bonchev–Trinajstić information content (AvgIpc) is 3.11. The Morgan fingerprint density at radius 3 is 2.53 bits per heavy atom. The van der Waals surface area contributed by atoms with Crippen LogP contribution in [0.5, 0.6) is 0 Å². The highest BCUT2D eigenvalue weighted by Crippen LogP contribution is 2.36. The van der Waals surface area contributed by atoms with Crippen LogP contribution in [-0.2, 0) is 9.53 Å². The molecule has 154 valence electrons. The van der Waals surface area contributed by atoms with Crippen molar-refractivity contribution in [1.29, 1.82) is 0 Å². The lowest BCUT2D eigenvalue weighted by molar-refractivity contribution is -0.111. The number of anilines is 1. The molecule has 0 radical (unpaired) electrons. The van der Waals surface area contributed by atoms with Crippen molar-refractivity contribution in [3.63, 3.8) is 0 Å². The molecule has 0 unspecified atom stereocenters. The minimum atomic E-state index is -0.477. The number of benzene rings is 2. The zero-order valence-corrected chi connectivity index (χ0v) is 18.7. The van der Waals surface area contributed by atoms with E-state index in [-0.39, 0.29) is 12.5 Å². The fourth-order valence-corrected chi connectivity index (χ4v) is 4.19. The van der Waals surface area contributed by atoms with Gasteiger partial charge in [-0.2, -0.15) is 0 Å². The van der Waals surface area contributed by atoms with Crippen LogP contribution in [0.2, 0.25) is 10.0 Å². The van der Waals surface area contributed by atoms with Gasteiger partial charge in [0.2, 0.25) is 5.91 Å². The molecule has 2 aromatic carbocycles.